The van der Waals surface area contributed by atoms with Crippen molar-refractivity contribution in [1.29, 1.82) is 0 Å². The van der Waals surface area contributed by atoms with Crippen LogP contribution in [0.2, 0.25) is 0 Å². The van der Waals surface area contributed by atoms with Crippen LogP contribution in [-0.4, -0.2) is 63.8 Å². The third kappa shape index (κ3) is 7.03. The Labute approximate surface area is 219 Å². The van der Waals surface area contributed by atoms with E-state index in [1.165, 1.54) is 24.3 Å². The number of hydrogen-bond acceptors (Lipinski definition) is 10. The van der Waals surface area contributed by atoms with E-state index in [0.29, 0.717) is 0 Å². The fraction of sp³-hybridized carbons (Fsp3) is 0.222. The van der Waals surface area contributed by atoms with E-state index in [0.717, 1.165) is 6.26 Å². The minimum atomic E-state index is -4.14. The van der Waals surface area contributed by atoms with Crippen LogP contribution in [0, 0.1) is 0 Å². The third-order valence-corrected chi connectivity index (χ3v) is 6.00. The maximum absolute atomic E-state index is 12.9. The van der Waals surface area contributed by atoms with Crippen LogP contribution in [0.3, 0.4) is 0 Å². The summed E-state index contributed by atoms with van der Waals surface area (Å²) in [6.45, 7) is -0.455. The van der Waals surface area contributed by atoms with Crippen molar-refractivity contribution in [3.8, 4) is 0 Å². The van der Waals surface area contributed by atoms with Crippen molar-refractivity contribution in [1.82, 2.24) is 0 Å². The predicted octanol–water partition coefficient (Wildman–Crippen LogP) is 3.00. The van der Waals surface area contributed by atoms with Gasteiger partial charge in [-0.15, -0.1) is 0 Å². The molecule has 4 rings (SSSR count). The maximum atomic E-state index is 12.9. The largest absolute Gasteiger partial charge is 0.459 e. The monoisotopic (exact) mass is 540 g/mol. The summed E-state index contributed by atoms with van der Waals surface area (Å²) in [4.78, 5) is 38.1. The van der Waals surface area contributed by atoms with E-state index >= 15 is 0 Å². The van der Waals surface area contributed by atoms with Gasteiger partial charge in [0, 0.05) is 0 Å². The topological polar surface area (TPSA) is 132 Å². The summed E-state index contributed by atoms with van der Waals surface area (Å²) >= 11 is 0. The lowest BCUT2D eigenvalue weighted by molar-refractivity contribution is -0.135. The summed E-state index contributed by atoms with van der Waals surface area (Å²) in [6, 6.07) is 24.0. The average molecular weight is 541 g/mol. The standard InChI is InChI=1S/C27H24O10S/c1-38(31,32)37-23-22(35-25(29)19-13-7-3-8-14-19)21(17-33-24(28)18-11-5-2-6-12-18)34-27(23)36-26(30)20-15-9-4-10-16-20/h2-16,21-23,27H,17H2,1H3/t21-,22-,23-,27+/m0/s1. The predicted molar refractivity (Wildman–Crippen MR) is 133 cm³/mol. The SMILES string of the molecule is CS(=O)(=O)O[C@@H]1[C@@H](OC(=O)c2ccccc2)O[C@@H](COC(=O)c2ccccc2)[C@@H]1OC(=O)c1ccccc1. The van der Waals surface area contributed by atoms with Gasteiger partial charge >= 0.3 is 17.9 Å². The highest BCUT2D eigenvalue weighted by Gasteiger charge is 2.52. The van der Waals surface area contributed by atoms with E-state index in [1.54, 1.807) is 66.7 Å². The van der Waals surface area contributed by atoms with Crippen molar-refractivity contribution in [2.75, 3.05) is 12.9 Å². The van der Waals surface area contributed by atoms with E-state index in [-0.39, 0.29) is 16.7 Å². The second kappa shape index (κ2) is 12.0. The number of benzene rings is 3. The van der Waals surface area contributed by atoms with Gasteiger partial charge in [-0.2, -0.15) is 8.42 Å². The van der Waals surface area contributed by atoms with Crippen LogP contribution in [0.1, 0.15) is 31.1 Å². The molecule has 0 saturated carbocycles. The number of carbonyl (C=O) groups excluding carboxylic acids is 3. The molecule has 38 heavy (non-hydrogen) atoms. The summed E-state index contributed by atoms with van der Waals surface area (Å²) in [6.07, 6.45) is -5.04. The molecule has 11 heteroatoms. The molecule has 3 aromatic carbocycles. The lowest BCUT2D eigenvalue weighted by atomic mass is 10.1. The van der Waals surface area contributed by atoms with Gasteiger partial charge < -0.3 is 18.9 Å². The minimum Gasteiger partial charge on any atom is -0.459 e. The van der Waals surface area contributed by atoms with Gasteiger partial charge in [0.1, 0.15) is 12.7 Å². The molecule has 0 N–H and O–H groups in total. The molecule has 1 aliphatic rings. The van der Waals surface area contributed by atoms with Gasteiger partial charge in [-0.05, 0) is 36.4 Å². The first-order valence-corrected chi connectivity index (χ1v) is 13.3. The van der Waals surface area contributed by atoms with Crippen LogP contribution in [0.15, 0.2) is 91.0 Å². The van der Waals surface area contributed by atoms with E-state index < -0.39 is 59.2 Å². The molecule has 0 aliphatic carbocycles. The molecule has 0 amide bonds. The molecule has 0 radical (unpaired) electrons. The van der Waals surface area contributed by atoms with Crippen molar-refractivity contribution < 1.29 is 45.9 Å². The van der Waals surface area contributed by atoms with E-state index in [2.05, 4.69) is 0 Å². The molecule has 10 nitrogen and oxygen atoms in total. The van der Waals surface area contributed by atoms with Gasteiger partial charge in [-0.3, -0.25) is 4.18 Å². The van der Waals surface area contributed by atoms with Crippen LogP contribution in [0.4, 0.5) is 0 Å². The van der Waals surface area contributed by atoms with Crippen LogP contribution >= 0.6 is 0 Å². The zero-order valence-corrected chi connectivity index (χ0v) is 21.0. The Morgan fingerprint density at radius 1 is 0.684 bits per heavy atom. The molecule has 0 unspecified atom stereocenters. The molecule has 4 atom stereocenters. The fourth-order valence-electron chi connectivity index (χ4n) is 3.70. The quantitative estimate of drug-likeness (QED) is 0.227. The summed E-state index contributed by atoms with van der Waals surface area (Å²) in [5.74, 6) is -2.32. The first-order chi connectivity index (χ1) is 18.2. The average Bonchev–Trinajstić information content (AvgIpc) is 3.22. The summed E-state index contributed by atoms with van der Waals surface area (Å²) in [5, 5.41) is 0. The van der Waals surface area contributed by atoms with Crippen LogP contribution in [0.25, 0.3) is 0 Å². The Bertz CT molecular complexity index is 1360. The molecule has 1 fully saturated rings. The lowest BCUT2D eigenvalue weighted by Gasteiger charge is -2.23. The van der Waals surface area contributed by atoms with Gasteiger partial charge in [-0.1, -0.05) is 54.6 Å². The Hall–Kier alpha value is -4.06. The van der Waals surface area contributed by atoms with Crippen molar-refractivity contribution in [3.63, 3.8) is 0 Å². The zero-order chi connectivity index (χ0) is 27.1. The molecule has 1 saturated heterocycles. The lowest BCUT2D eigenvalue weighted by Crippen LogP contribution is -2.42. The zero-order valence-electron chi connectivity index (χ0n) is 20.2. The summed E-state index contributed by atoms with van der Waals surface area (Å²) in [7, 11) is -4.14. The first-order valence-electron chi connectivity index (χ1n) is 11.5. The molecule has 1 aliphatic heterocycles. The molecule has 0 spiro atoms. The van der Waals surface area contributed by atoms with Crippen molar-refractivity contribution in [3.05, 3.63) is 108 Å². The van der Waals surface area contributed by atoms with Gasteiger partial charge in [-0.25, -0.2) is 14.4 Å². The number of ether oxygens (including phenoxy) is 4. The second-order valence-corrected chi connectivity index (χ2v) is 9.88. The normalized spacial score (nSPS) is 20.9. The Morgan fingerprint density at radius 3 is 1.61 bits per heavy atom. The molecular formula is C27H24O10S. The van der Waals surface area contributed by atoms with Crippen molar-refractivity contribution in [2.24, 2.45) is 0 Å². The van der Waals surface area contributed by atoms with Gasteiger partial charge in [0.25, 0.3) is 10.1 Å². The van der Waals surface area contributed by atoms with E-state index in [4.69, 9.17) is 23.1 Å². The molecule has 3 aromatic rings. The van der Waals surface area contributed by atoms with E-state index in [9.17, 15) is 22.8 Å². The van der Waals surface area contributed by atoms with Crippen molar-refractivity contribution in [2.45, 2.75) is 24.6 Å². The summed E-state index contributed by atoms with van der Waals surface area (Å²) in [5.41, 5.74) is 0.612. The van der Waals surface area contributed by atoms with Crippen LogP contribution in [0.5, 0.6) is 0 Å². The van der Waals surface area contributed by atoms with Gasteiger partial charge in [0.15, 0.2) is 12.2 Å². The van der Waals surface area contributed by atoms with Crippen molar-refractivity contribution >= 4 is 28.0 Å². The van der Waals surface area contributed by atoms with Gasteiger partial charge in [0.2, 0.25) is 6.29 Å². The van der Waals surface area contributed by atoms with Crippen LogP contribution < -0.4 is 0 Å². The second-order valence-electron chi connectivity index (χ2n) is 8.28. The van der Waals surface area contributed by atoms with Gasteiger partial charge in [0.05, 0.1) is 22.9 Å². The summed E-state index contributed by atoms with van der Waals surface area (Å²) < 4.78 is 51.5. The molecule has 1 heterocycles. The van der Waals surface area contributed by atoms with Crippen LogP contribution in [-0.2, 0) is 33.2 Å². The number of hydrogen-bond donors (Lipinski definition) is 0. The number of esters is 3. The molecule has 198 valence electrons. The Morgan fingerprint density at radius 2 is 1.13 bits per heavy atom. The fourth-order valence-corrected chi connectivity index (χ4v) is 4.30. The highest BCUT2D eigenvalue weighted by molar-refractivity contribution is 7.86. The molecule has 0 aromatic heterocycles. The smallest absolute Gasteiger partial charge is 0.340 e. The molecular weight excluding hydrogens is 516 g/mol. The highest BCUT2D eigenvalue weighted by Crippen LogP contribution is 2.31. The highest BCUT2D eigenvalue weighted by atomic mass is 32.2. The minimum absolute atomic E-state index is 0.172. The Balaban J connectivity index is 1.60. The van der Waals surface area contributed by atoms with E-state index in [1.807, 2.05) is 0 Å². The first kappa shape index (κ1) is 27.0. The maximum Gasteiger partial charge on any atom is 0.340 e. The third-order valence-electron chi connectivity index (χ3n) is 5.43. The Kier molecular flexibility index (Phi) is 8.52. The molecule has 0 bridgehead atoms. The number of carbonyl (C=O) groups is 3. The number of rotatable bonds is 9.